The number of aryl methyl sites for hydroxylation is 1. The lowest BCUT2D eigenvalue weighted by Crippen LogP contribution is -2.10. The molecule has 0 bridgehead atoms. The van der Waals surface area contributed by atoms with Crippen molar-refractivity contribution in [3.8, 4) is 0 Å². The Morgan fingerprint density at radius 1 is 1.18 bits per heavy atom. The van der Waals surface area contributed by atoms with Crippen LogP contribution in [-0.4, -0.2) is 5.71 Å². The van der Waals surface area contributed by atoms with Gasteiger partial charge in [0, 0.05) is 5.71 Å². The maximum Gasteiger partial charge on any atom is 0.0661 e. The Hall–Kier alpha value is -1.11. The summed E-state index contributed by atoms with van der Waals surface area (Å²) in [4.78, 5) is 4.75. The first kappa shape index (κ1) is 14.0. The Kier molecular flexibility index (Phi) is 4.13. The molecule has 0 spiro atoms. The van der Waals surface area contributed by atoms with Crippen LogP contribution in [0.1, 0.15) is 52.7 Å². The SMILES string of the molecule is C/C(=N\c1cc(C(C)(C)C)ccc1C)C(C)C. The van der Waals surface area contributed by atoms with Gasteiger partial charge in [0.1, 0.15) is 0 Å². The van der Waals surface area contributed by atoms with E-state index in [2.05, 4.69) is 66.7 Å². The fraction of sp³-hybridized carbons (Fsp3) is 0.562. The van der Waals surface area contributed by atoms with Crippen LogP contribution in [0.25, 0.3) is 0 Å². The molecule has 1 aromatic rings. The first-order valence-electron chi connectivity index (χ1n) is 6.38. The first-order valence-corrected chi connectivity index (χ1v) is 6.38. The molecular weight excluding hydrogens is 206 g/mol. The van der Waals surface area contributed by atoms with E-state index >= 15 is 0 Å². The van der Waals surface area contributed by atoms with E-state index in [-0.39, 0.29) is 5.41 Å². The van der Waals surface area contributed by atoms with Gasteiger partial charge in [-0.3, -0.25) is 4.99 Å². The van der Waals surface area contributed by atoms with Crippen molar-refractivity contribution in [2.75, 3.05) is 0 Å². The molecule has 94 valence electrons. The number of hydrogen-bond donors (Lipinski definition) is 0. The summed E-state index contributed by atoms with van der Waals surface area (Å²) in [6.45, 7) is 15.3. The predicted molar refractivity (Wildman–Crippen MR) is 77.5 cm³/mol. The molecule has 0 N–H and O–H groups in total. The third-order valence-electron chi connectivity index (χ3n) is 3.21. The Bertz CT molecular complexity index is 420. The minimum absolute atomic E-state index is 0.184. The van der Waals surface area contributed by atoms with Crippen molar-refractivity contribution in [2.24, 2.45) is 10.9 Å². The third kappa shape index (κ3) is 3.69. The van der Waals surface area contributed by atoms with Crippen LogP contribution in [0.2, 0.25) is 0 Å². The number of nitrogens with zero attached hydrogens (tertiary/aromatic N) is 1. The lowest BCUT2D eigenvalue weighted by Gasteiger charge is -2.20. The fourth-order valence-corrected chi connectivity index (χ4v) is 1.52. The highest BCUT2D eigenvalue weighted by molar-refractivity contribution is 5.86. The maximum atomic E-state index is 4.75. The number of aliphatic imine (C=N–C) groups is 1. The molecule has 0 aliphatic carbocycles. The lowest BCUT2D eigenvalue weighted by atomic mass is 9.86. The van der Waals surface area contributed by atoms with Gasteiger partial charge in [0.2, 0.25) is 0 Å². The molecule has 1 rings (SSSR count). The second kappa shape index (κ2) is 5.03. The highest BCUT2D eigenvalue weighted by Gasteiger charge is 2.14. The van der Waals surface area contributed by atoms with E-state index in [0.717, 1.165) is 5.69 Å². The Morgan fingerprint density at radius 2 is 1.76 bits per heavy atom. The van der Waals surface area contributed by atoms with Crippen LogP contribution in [0.4, 0.5) is 5.69 Å². The van der Waals surface area contributed by atoms with Crippen LogP contribution < -0.4 is 0 Å². The van der Waals surface area contributed by atoms with Gasteiger partial charge in [-0.05, 0) is 42.4 Å². The molecule has 1 heteroatoms. The monoisotopic (exact) mass is 231 g/mol. The summed E-state index contributed by atoms with van der Waals surface area (Å²) >= 11 is 0. The molecule has 0 aliphatic rings. The number of hydrogen-bond acceptors (Lipinski definition) is 1. The van der Waals surface area contributed by atoms with E-state index in [4.69, 9.17) is 4.99 Å². The van der Waals surface area contributed by atoms with E-state index in [9.17, 15) is 0 Å². The van der Waals surface area contributed by atoms with E-state index in [0.29, 0.717) is 5.92 Å². The van der Waals surface area contributed by atoms with Crippen molar-refractivity contribution >= 4 is 11.4 Å². The van der Waals surface area contributed by atoms with Crippen molar-refractivity contribution < 1.29 is 0 Å². The molecule has 1 aromatic carbocycles. The van der Waals surface area contributed by atoms with Crippen molar-refractivity contribution in [1.29, 1.82) is 0 Å². The normalized spacial score (nSPS) is 13.3. The lowest BCUT2D eigenvalue weighted by molar-refractivity contribution is 0.590. The molecule has 0 amide bonds. The Morgan fingerprint density at radius 3 is 2.24 bits per heavy atom. The van der Waals surface area contributed by atoms with Crippen molar-refractivity contribution in [3.05, 3.63) is 29.3 Å². The molecule has 0 fully saturated rings. The molecule has 0 unspecified atom stereocenters. The molecule has 1 nitrogen and oxygen atoms in total. The zero-order valence-electron chi connectivity index (χ0n) is 12.3. The molecule has 0 heterocycles. The molecule has 0 atom stereocenters. The highest BCUT2D eigenvalue weighted by Crippen LogP contribution is 2.28. The summed E-state index contributed by atoms with van der Waals surface area (Å²) in [7, 11) is 0. The quantitative estimate of drug-likeness (QED) is 0.632. The topological polar surface area (TPSA) is 12.4 Å². The van der Waals surface area contributed by atoms with Crippen LogP contribution in [-0.2, 0) is 5.41 Å². The zero-order valence-corrected chi connectivity index (χ0v) is 12.3. The zero-order chi connectivity index (χ0) is 13.2. The summed E-state index contributed by atoms with van der Waals surface area (Å²) in [6.07, 6.45) is 0. The summed E-state index contributed by atoms with van der Waals surface area (Å²) in [5.74, 6) is 0.507. The van der Waals surface area contributed by atoms with E-state index in [1.807, 2.05) is 0 Å². The van der Waals surface area contributed by atoms with Gasteiger partial charge in [-0.25, -0.2) is 0 Å². The minimum Gasteiger partial charge on any atom is -0.258 e. The van der Waals surface area contributed by atoms with Crippen molar-refractivity contribution in [3.63, 3.8) is 0 Å². The smallest absolute Gasteiger partial charge is 0.0661 e. The van der Waals surface area contributed by atoms with Gasteiger partial charge in [-0.2, -0.15) is 0 Å². The van der Waals surface area contributed by atoms with Gasteiger partial charge in [0.15, 0.2) is 0 Å². The highest BCUT2D eigenvalue weighted by atomic mass is 14.7. The molecule has 0 aromatic heterocycles. The first-order chi connectivity index (χ1) is 7.71. The number of benzene rings is 1. The average Bonchev–Trinajstić information content (AvgIpc) is 2.19. The van der Waals surface area contributed by atoms with Gasteiger partial charge in [0.25, 0.3) is 0 Å². The van der Waals surface area contributed by atoms with Gasteiger partial charge in [0.05, 0.1) is 5.69 Å². The summed E-state index contributed by atoms with van der Waals surface area (Å²) in [5, 5.41) is 0. The largest absolute Gasteiger partial charge is 0.258 e. The number of rotatable bonds is 2. The third-order valence-corrected chi connectivity index (χ3v) is 3.21. The second-order valence-electron chi connectivity index (χ2n) is 6.16. The fourth-order valence-electron chi connectivity index (χ4n) is 1.52. The van der Waals surface area contributed by atoms with E-state index in [1.165, 1.54) is 16.8 Å². The second-order valence-corrected chi connectivity index (χ2v) is 6.16. The molecular formula is C16H25N. The van der Waals surface area contributed by atoms with Gasteiger partial charge in [-0.1, -0.05) is 46.8 Å². The summed E-state index contributed by atoms with van der Waals surface area (Å²) in [5.41, 5.74) is 5.09. The summed E-state index contributed by atoms with van der Waals surface area (Å²) in [6, 6.07) is 6.60. The van der Waals surface area contributed by atoms with Crippen molar-refractivity contribution in [1.82, 2.24) is 0 Å². The van der Waals surface area contributed by atoms with Crippen LogP contribution in [0.5, 0.6) is 0 Å². The van der Waals surface area contributed by atoms with E-state index < -0.39 is 0 Å². The molecule has 17 heavy (non-hydrogen) atoms. The van der Waals surface area contributed by atoms with Crippen LogP contribution in [0.3, 0.4) is 0 Å². The van der Waals surface area contributed by atoms with Crippen molar-refractivity contribution in [2.45, 2.75) is 53.9 Å². The minimum atomic E-state index is 0.184. The molecule has 0 radical (unpaired) electrons. The maximum absolute atomic E-state index is 4.75. The Balaban J connectivity index is 3.21. The average molecular weight is 231 g/mol. The van der Waals surface area contributed by atoms with Gasteiger partial charge in [-0.15, -0.1) is 0 Å². The molecule has 0 saturated carbocycles. The Labute approximate surface area is 106 Å². The van der Waals surface area contributed by atoms with E-state index in [1.54, 1.807) is 0 Å². The molecule has 0 aliphatic heterocycles. The van der Waals surface area contributed by atoms with Crippen LogP contribution in [0.15, 0.2) is 23.2 Å². The predicted octanol–water partition coefficient (Wildman–Crippen LogP) is 5.04. The van der Waals surface area contributed by atoms with Crippen LogP contribution >= 0.6 is 0 Å². The standard InChI is InChI=1S/C16H25N/c1-11(2)13(4)17-15-10-14(16(5,6)7)9-8-12(15)3/h8-11H,1-7H3/b17-13+. The van der Waals surface area contributed by atoms with Crippen LogP contribution in [0, 0.1) is 12.8 Å². The van der Waals surface area contributed by atoms with Gasteiger partial charge < -0.3 is 0 Å². The molecule has 0 saturated heterocycles. The van der Waals surface area contributed by atoms with Gasteiger partial charge >= 0.3 is 0 Å². The summed E-state index contributed by atoms with van der Waals surface area (Å²) < 4.78 is 0.